The van der Waals surface area contributed by atoms with Gasteiger partial charge in [-0.1, -0.05) is 6.92 Å². The zero-order valence-corrected chi connectivity index (χ0v) is 9.49. The number of amides is 1. The Morgan fingerprint density at radius 2 is 1.93 bits per heavy atom. The lowest BCUT2D eigenvalue weighted by molar-refractivity contribution is -0.120. The van der Waals surface area contributed by atoms with Gasteiger partial charge in [-0.2, -0.15) is 0 Å². The second kappa shape index (κ2) is 6.78. The fourth-order valence-electron chi connectivity index (χ4n) is 0.824. The number of carbonyl (C=O) groups is 1. The summed E-state index contributed by atoms with van der Waals surface area (Å²) in [4.78, 5) is 10.8. The normalized spacial score (nSPS) is 11.3. The molecule has 0 heterocycles. The minimum Gasteiger partial charge on any atom is -0.359 e. The molecule has 0 saturated carbocycles. The number of nitrogens with one attached hydrogen (secondary N) is 2. The van der Waals surface area contributed by atoms with E-state index in [1.54, 1.807) is 14.0 Å². The molecule has 5 nitrogen and oxygen atoms in total. The molecule has 1 amide bonds. The molecule has 0 aromatic heterocycles. The molecule has 0 aliphatic rings. The van der Waals surface area contributed by atoms with Crippen LogP contribution in [0.3, 0.4) is 0 Å². The molecular weight excluding hydrogens is 204 g/mol. The van der Waals surface area contributed by atoms with Crippen molar-refractivity contribution in [2.24, 2.45) is 0 Å². The summed E-state index contributed by atoms with van der Waals surface area (Å²) in [6.45, 7) is 2.55. The first-order valence-corrected chi connectivity index (χ1v) is 6.45. The van der Waals surface area contributed by atoms with Crippen molar-refractivity contribution in [1.29, 1.82) is 0 Å². The Hall–Kier alpha value is -0.620. The van der Waals surface area contributed by atoms with Crippen molar-refractivity contribution in [1.82, 2.24) is 10.6 Å². The molecule has 0 bridgehead atoms. The molecular formula is C8H18N2O3S. The van der Waals surface area contributed by atoms with Gasteiger partial charge in [0, 0.05) is 32.3 Å². The predicted octanol–water partition coefficient (Wildman–Crippen LogP) is -0.853. The highest BCUT2D eigenvalue weighted by molar-refractivity contribution is 7.91. The second-order valence-electron chi connectivity index (χ2n) is 2.91. The third-order valence-corrected chi connectivity index (χ3v) is 3.54. The minimum absolute atomic E-state index is 0.0455. The molecule has 6 heteroatoms. The first kappa shape index (κ1) is 13.4. The lowest BCUT2D eigenvalue weighted by Crippen LogP contribution is -2.28. The van der Waals surface area contributed by atoms with Crippen LogP contribution in [0.2, 0.25) is 0 Å². The SMILES string of the molecule is CCS(=O)(=O)CCNCCC(=O)NC. The van der Waals surface area contributed by atoms with Gasteiger partial charge < -0.3 is 10.6 Å². The first-order chi connectivity index (χ1) is 6.52. The van der Waals surface area contributed by atoms with E-state index in [2.05, 4.69) is 10.6 Å². The van der Waals surface area contributed by atoms with E-state index in [1.807, 2.05) is 0 Å². The van der Waals surface area contributed by atoms with Crippen molar-refractivity contribution in [2.45, 2.75) is 13.3 Å². The molecule has 0 spiro atoms. The van der Waals surface area contributed by atoms with Crippen LogP contribution in [0.5, 0.6) is 0 Å². The topological polar surface area (TPSA) is 75.3 Å². The molecule has 0 saturated heterocycles. The summed E-state index contributed by atoms with van der Waals surface area (Å²) in [7, 11) is -1.32. The van der Waals surface area contributed by atoms with E-state index < -0.39 is 9.84 Å². The zero-order chi connectivity index (χ0) is 11.0. The number of hydrogen-bond acceptors (Lipinski definition) is 4. The highest BCUT2D eigenvalue weighted by Gasteiger charge is 2.05. The van der Waals surface area contributed by atoms with Crippen molar-refractivity contribution in [3.05, 3.63) is 0 Å². The predicted molar refractivity (Wildman–Crippen MR) is 55.9 cm³/mol. The Morgan fingerprint density at radius 1 is 1.29 bits per heavy atom. The maximum absolute atomic E-state index is 11.0. The number of carbonyl (C=O) groups excluding carboxylic acids is 1. The fraction of sp³-hybridized carbons (Fsp3) is 0.875. The standard InChI is InChI=1S/C8H18N2O3S/c1-3-14(12,13)7-6-10-5-4-8(11)9-2/h10H,3-7H2,1-2H3,(H,9,11). The van der Waals surface area contributed by atoms with Gasteiger partial charge in [0.2, 0.25) is 5.91 Å². The molecule has 0 rings (SSSR count). The van der Waals surface area contributed by atoms with Gasteiger partial charge >= 0.3 is 0 Å². The first-order valence-electron chi connectivity index (χ1n) is 4.63. The second-order valence-corrected chi connectivity index (χ2v) is 5.38. The quantitative estimate of drug-likeness (QED) is 0.550. The molecule has 0 aliphatic heterocycles. The third kappa shape index (κ3) is 6.85. The molecule has 0 unspecified atom stereocenters. The average Bonchev–Trinajstić information content (AvgIpc) is 2.17. The van der Waals surface area contributed by atoms with Crippen molar-refractivity contribution >= 4 is 15.7 Å². The van der Waals surface area contributed by atoms with Gasteiger partial charge in [0.05, 0.1) is 5.75 Å². The summed E-state index contributed by atoms with van der Waals surface area (Å²) in [5.41, 5.74) is 0. The maximum atomic E-state index is 11.0. The molecule has 0 radical (unpaired) electrons. The number of sulfone groups is 1. The van der Waals surface area contributed by atoms with Crippen LogP contribution < -0.4 is 10.6 Å². The van der Waals surface area contributed by atoms with E-state index in [1.165, 1.54) is 0 Å². The van der Waals surface area contributed by atoms with Crippen LogP contribution in [0.25, 0.3) is 0 Å². The molecule has 0 atom stereocenters. The summed E-state index contributed by atoms with van der Waals surface area (Å²) in [5.74, 6) is 0.261. The van der Waals surface area contributed by atoms with E-state index in [0.717, 1.165) is 0 Å². The van der Waals surface area contributed by atoms with E-state index >= 15 is 0 Å². The largest absolute Gasteiger partial charge is 0.359 e. The molecule has 0 aromatic carbocycles. The number of hydrogen-bond donors (Lipinski definition) is 2. The number of rotatable bonds is 7. The Kier molecular flexibility index (Phi) is 6.48. The van der Waals surface area contributed by atoms with Gasteiger partial charge in [0.15, 0.2) is 9.84 Å². The zero-order valence-electron chi connectivity index (χ0n) is 8.67. The molecule has 0 fully saturated rings. The van der Waals surface area contributed by atoms with Crippen molar-refractivity contribution in [3.8, 4) is 0 Å². The van der Waals surface area contributed by atoms with Crippen LogP contribution in [-0.2, 0) is 14.6 Å². The molecule has 84 valence electrons. The van der Waals surface area contributed by atoms with Crippen LogP contribution in [0, 0.1) is 0 Å². The maximum Gasteiger partial charge on any atom is 0.221 e. The third-order valence-electron chi connectivity index (χ3n) is 1.84. The van der Waals surface area contributed by atoms with Crippen LogP contribution in [-0.4, -0.2) is 46.0 Å². The lowest BCUT2D eigenvalue weighted by Gasteiger charge is -2.03. The van der Waals surface area contributed by atoms with Crippen LogP contribution in [0.4, 0.5) is 0 Å². The molecule has 0 aromatic rings. The Balaban J connectivity index is 3.44. The Morgan fingerprint density at radius 3 is 2.43 bits per heavy atom. The van der Waals surface area contributed by atoms with E-state index in [4.69, 9.17) is 0 Å². The summed E-state index contributed by atoms with van der Waals surface area (Å²) in [6, 6.07) is 0. The minimum atomic E-state index is -2.89. The lowest BCUT2D eigenvalue weighted by atomic mass is 10.4. The average molecular weight is 222 g/mol. The summed E-state index contributed by atoms with van der Waals surface area (Å²) >= 11 is 0. The van der Waals surface area contributed by atoms with E-state index in [-0.39, 0.29) is 17.4 Å². The van der Waals surface area contributed by atoms with Crippen LogP contribution in [0.15, 0.2) is 0 Å². The summed E-state index contributed by atoms with van der Waals surface area (Å²) < 4.78 is 22.1. The van der Waals surface area contributed by atoms with Gasteiger partial charge in [-0.3, -0.25) is 4.79 Å². The highest BCUT2D eigenvalue weighted by atomic mass is 32.2. The van der Waals surface area contributed by atoms with Crippen molar-refractivity contribution in [3.63, 3.8) is 0 Å². The van der Waals surface area contributed by atoms with Crippen molar-refractivity contribution in [2.75, 3.05) is 31.6 Å². The van der Waals surface area contributed by atoms with Crippen LogP contribution >= 0.6 is 0 Å². The smallest absolute Gasteiger partial charge is 0.221 e. The van der Waals surface area contributed by atoms with Gasteiger partial charge in [-0.25, -0.2) is 8.42 Å². The fourth-order valence-corrected chi connectivity index (χ4v) is 1.57. The molecule has 2 N–H and O–H groups in total. The van der Waals surface area contributed by atoms with Gasteiger partial charge in [0.25, 0.3) is 0 Å². The van der Waals surface area contributed by atoms with E-state index in [9.17, 15) is 13.2 Å². The Bertz CT molecular complexity index is 262. The Labute approximate surface area is 85.2 Å². The van der Waals surface area contributed by atoms with Gasteiger partial charge in [0.1, 0.15) is 0 Å². The monoisotopic (exact) mass is 222 g/mol. The van der Waals surface area contributed by atoms with Gasteiger partial charge in [-0.15, -0.1) is 0 Å². The highest BCUT2D eigenvalue weighted by Crippen LogP contribution is 1.87. The van der Waals surface area contributed by atoms with Crippen molar-refractivity contribution < 1.29 is 13.2 Å². The summed E-state index contributed by atoms with van der Waals surface area (Å²) in [5, 5.41) is 5.39. The molecule has 14 heavy (non-hydrogen) atoms. The summed E-state index contributed by atoms with van der Waals surface area (Å²) in [6.07, 6.45) is 0.378. The van der Waals surface area contributed by atoms with Gasteiger partial charge in [-0.05, 0) is 0 Å². The van der Waals surface area contributed by atoms with E-state index in [0.29, 0.717) is 19.5 Å². The van der Waals surface area contributed by atoms with Crippen LogP contribution in [0.1, 0.15) is 13.3 Å². The molecule has 0 aliphatic carbocycles.